The van der Waals surface area contributed by atoms with Gasteiger partial charge in [-0.05, 0) is 64.3 Å². The molecule has 26 heavy (non-hydrogen) atoms. The van der Waals surface area contributed by atoms with Crippen molar-refractivity contribution in [2.45, 2.75) is 58.8 Å². The molecule has 1 aromatic rings. The Labute approximate surface area is 157 Å². The summed E-state index contributed by atoms with van der Waals surface area (Å²) in [5.41, 5.74) is 3.65. The van der Waals surface area contributed by atoms with Gasteiger partial charge in [-0.15, -0.1) is 0 Å². The second kappa shape index (κ2) is 8.40. The SMILES string of the molecule is CC(C)OC(=O)NN(C(=O)OC(C)C)[C@H]1CCc2cc(Cl)ccc2C1=O. The molecule has 0 aromatic heterocycles. The van der Waals surface area contributed by atoms with Crippen molar-refractivity contribution in [3.63, 3.8) is 0 Å². The molecule has 0 unspecified atom stereocenters. The number of hydrazine groups is 1. The molecule has 0 saturated heterocycles. The number of hydrogen-bond acceptors (Lipinski definition) is 5. The Balaban J connectivity index is 2.26. The summed E-state index contributed by atoms with van der Waals surface area (Å²) in [6.45, 7) is 6.73. The molecule has 0 fully saturated rings. The van der Waals surface area contributed by atoms with E-state index in [0.29, 0.717) is 23.4 Å². The van der Waals surface area contributed by atoms with E-state index < -0.39 is 24.3 Å². The van der Waals surface area contributed by atoms with Crippen LogP contribution in [-0.2, 0) is 15.9 Å². The monoisotopic (exact) mass is 382 g/mol. The average molecular weight is 383 g/mol. The third kappa shape index (κ3) is 4.88. The molecule has 0 spiro atoms. The fourth-order valence-corrected chi connectivity index (χ4v) is 2.90. The largest absolute Gasteiger partial charge is 0.446 e. The maximum absolute atomic E-state index is 12.9. The third-order valence-corrected chi connectivity index (χ3v) is 3.96. The summed E-state index contributed by atoms with van der Waals surface area (Å²) < 4.78 is 10.2. The third-order valence-electron chi connectivity index (χ3n) is 3.72. The number of Topliss-reactive ketones (excluding diaryl/α,β-unsaturated/α-hetero) is 1. The van der Waals surface area contributed by atoms with E-state index in [2.05, 4.69) is 5.43 Å². The lowest BCUT2D eigenvalue weighted by atomic mass is 9.87. The Morgan fingerprint density at radius 3 is 2.46 bits per heavy atom. The van der Waals surface area contributed by atoms with E-state index in [1.807, 2.05) is 0 Å². The zero-order valence-electron chi connectivity index (χ0n) is 15.2. The summed E-state index contributed by atoms with van der Waals surface area (Å²) in [6.07, 6.45) is -1.53. The molecule has 0 heterocycles. The molecule has 0 aliphatic heterocycles. The highest BCUT2D eigenvalue weighted by molar-refractivity contribution is 6.30. The van der Waals surface area contributed by atoms with Crippen LogP contribution in [-0.4, -0.2) is 41.2 Å². The smallest absolute Gasteiger partial charge is 0.429 e. The lowest BCUT2D eigenvalue weighted by Gasteiger charge is -2.33. The predicted octanol–water partition coefficient (Wildman–Crippen LogP) is 3.73. The number of aryl methyl sites for hydroxylation is 1. The molecular weight excluding hydrogens is 360 g/mol. The molecule has 8 heteroatoms. The quantitative estimate of drug-likeness (QED) is 0.805. The van der Waals surface area contributed by atoms with Crippen molar-refractivity contribution in [1.82, 2.24) is 10.4 Å². The predicted molar refractivity (Wildman–Crippen MR) is 96.1 cm³/mol. The first kappa shape index (κ1) is 20.0. The zero-order chi connectivity index (χ0) is 19.4. The maximum atomic E-state index is 12.9. The minimum Gasteiger partial charge on any atom is -0.446 e. The van der Waals surface area contributed by atoms with E-state index in [0.717, 1.165) is 10.6 Å². The lowest BCUT2D eigenvalue weighted by molar-refractivity contribution is 0.0279. The van der Waals surface area contributed by atoms with Crippen molar-refractivity contribution >= 4 is 29.6 Å². The molecule has 1 atom stereocenters. The molecule has 1 N–H and O–H groups in total. The van der Waals surface area contributed by atoms with Crippen molar-refractivity contribution in [3.05, 3.63) is 34.3 Å². The minimum absolute atomic E-state index is 0.284. The van der Waals surface area contributed by atoms with Crippen LogP contribution in [0.4, 0.5) is 9.59 Å². The van der Waals surface area contributed by atoms with Gasteiger partial charge in [0.2, 0.25) is 0 Å². The summed E-state index contributed by atoms with van der Waals surface area (Å²) in [5, 5.41) is 1.47. The first-order chi connectivity index (χ1) is 12.2. The highest BCUT2D eigenvalue weighted by Crippen LogP contribution is 2.27. The van der Waals surface area contributed by atoms with Crippen molar-refractivity contribution in [2.24, 2.45) is 0 Å². The van der Waals surface area contributed by atoms with Gasteiger partial charge in [0.25, 0.3) is 0 Å². The Kier molecular flexibility index (Phi) is 6.47. The van der Waals surface area contributed by atoms with Crippen molar-refractivity contribution in [3.8, 4) is 0 Å². The average Bonchev–Trinajstić information content (AvgIpc) is 2.52. The number of ether oxygens (including phenoxy) is 2. The van der Waals surface area contributed by atoms with Gasteiger partial charge in [-0.1, -0.05) is 11.6 Å². The number of benzene rings is 1. The number of rotatable bonds is 3. The van der Waals surface area contributed by atoms with E-state index >= 15 is 0 Å². The topological polar surface area (TPSA) is 84.9 Å². The number of fused-ring (bicyclic) bond motifs is 1. The van der Waals surface area contributed by atoms with E-state index in [1.54, 1.807) is 45.9 Å². The first-order valence-corrected chi connectivity index (χ1v) is 8.86. The normalized spacial score (nSPS) is 16.3. The van der Waals surface area contributed by atoms with Crippen LogP contribution in [0.25, 0.3) is 0 Å². The highest BCUT2D eigenvalue weighted by Gasteiger charge is 2.37. The Bertz CT molecular complexity index is 705. The fourth-order valence-electron chi connectivity index (χ4n) is 2.71. The van der Waals surface area contributed by atoms with E-state index in [1.165, 1.54) is 0 Å². The molecule has 1 aliphatic carbocycles. The molecule has 7 nitrogen and oxygen atoms in total. The molecule has 0 saturated carbocycles. The van der Waals surface area contributed by atoms with Gasteiger partial charge >= 0.3 is 12.2 Å². The van der Waals surface area contributed by atoms with Crippen LogP contribution >= 0.6 is 11.6 Å². The standard InChI is InChI=1S/C18H23ClN2O5/c1-10(2)25-17(23)20-21(18(24)26-11(3)4)15-8-5-12-9-13(19)6-7-14(12)16(15)22/h6-7,9-11,15H,5,8H2,1-4H3,(H,20,23)/t15-/m0/s1. The van der Waals surface area contributed by atoms with Crippen LogP contribution in [0.15, 0.2) is 18.2 Å². The number of nitrogens with zero attached hydrogens (tertiary/aromatic N) is 1. The van der Waals surface area contributed by atoms with Crippen molar-refractivity contribution < 1.29 is 23.9 Å². The summed E-state index contributed by atoms with van der Waals surface area (Å²) in [5.74, 6) is -0.284. The Hall–Kier alpha value is -2.28. The number of hydrogen-bond donors (Lipinski definition) is 1. The van der Waals surface area contributed by atoms with Crippen LogP contribution in [0.1, 0.15) is 50.0 Å². The highest BCUT2D eigenvalue weighted by atomic mass is 35.5. The maximum Gasteiger partial charge on any atom is 0.429 e. The van der Waals surface area contributed by atoms with E-state index in [-0.39, 0.29) is 11.9 Å². The molecule has 1 aromatic carbocycles. The van der Waals surface area contributed by atoms with Gasteiger partial charge in [-0.2, -0.15) is 0 Å². The fraction of sp³-hybridized carbons (Fsp3) is 0.500. The van der Waals surface area contributed by atoms with Crippen LogP contribution in [0.2, 0.25) is 5.02 Å². The van der Waals surface area contributed by atoms with Gasteiger partial charge in [-0.3, -0.25) is 4.79 Å². The number of amides is 2. The van der Waals surface area contributed by atoms with Gasteiger partial charge in [-0.25, -0.2) is 20.0 Å². The van der Waals surface area contributed by atoms with E-state index in [9.17, 15) is 14.4 Å². The minimum atomic E-state index is -0.880. The number of carbonyl (C=O) groups excluding carboxylic acids is 3. The Morgan fingerprint density at radius 2 is 1.85 bits per heavy atom. The summed E-state index contributed by atoms with van der Waals surface area (Å²) in [7, 11) is 0. The summed E-state index contributed by atoms with van der Waals surface area (Å²) >= 11 is 5.98. The number of halogens is 1. The van der Waals surface area contributed by atoms with E-state index in [4.69, 9.17) is 21.1 Å². The van der Waals surface area contributed by atoms with Crippen LogP contribution in [0, 0.1) is 0 Å². The molecule has 142 valence electrons. The summed E-state index contributed by atoms with van der Waals surface area (Å²) in [4.78, 5) is 37.3. The molecule has 2 amide bonds. The molecule has 0 radical (unpaired) electrons. The Morgan fingerprint density at radius 1 is 1.19 bits per heavy atom. The zero-order valence-corrected chi connectivity index (χ0v) is 16.0. The molecule has 2 rings (SSSR count). The van der Waals surface area contributed by atoms with Gasteiger partial charge in [0.05, 0.1) is 12.2 Å². The van der Waals surface area contributed by atoms with Crippen LogP contribution in [0.5, 0.6) is 0 Å². The van der Waals surface area contributed by atoms with Crippen LogP contribution in [0.3, 0.4) is 0 Å². The number of ketones is 1. The molecule has 0 bridgehead atoms. The van der Waals surface area contributed by atoms with Crippen molar-refractivity contribution in [2.75, 3.05) is 0 Å². The van der Waals surface area contributed by atoms with Gasteiger partial charge in [0, 0.05) is 10.6 Å². The van der Waals surface area contributed by atoms with Gasteiger partial charge in [0.15, 0.2) is 5.78 Å². The summed E-state index contributed by atoms with van der Waals surface area (Å²) in [6, 6.07) is 4.11. The number of carbonyl (C=O) groups is 3. The second-order valence-electron chi connectivity index (χ2n) is 6.59. The molecule has 1 aliphatic rings. The van der Waals surface area contributed by atoms with Crippen LogP contribution < -0.4 is 5.43 Å². The van der Waals surface area contributed by atoms with Crippen molar-refractivity contribution in [1.29, 1.82) is 0 Å². The van der Waals surface area contributed by atoms with Gasteiger partial charge in [0.1, 0.15) is 6.04 Å². The second-order valence-corrected chi connectivity index (χ2v) is 7.03. The number of nitrogens with one attached hydrogen (secondary N) is 1. The first-order valence-electron chi connectivity index (χ1n) is 8.48. The lowest BCUT2D eigenvalue weighted by Crippen LogP contribution is -2.56. The van der Waals surface area contributed by atoms with Gasteiger partial charge < -0.3 is 9.47 Å². The molecular formula is C18H23ClN2O5.